The molecule has 0 spiro atoms. The molecule has 2 aromatic heterocycles. The summed E-state index contributed by atoms with van der Waals surface area (Å²) in [5.41, 5.74) is 2.56. The minimum Gasteiger partial charge on any atom is -0.605 e. The zero-order valence-electron chi connectivity index (χ0n) is 9.36. The molecule has 0 radical (unpaired) electrons. The van der Waals surface area contributed by atoms with Gasteiger partial charge in [-0.2, -0.15) is 0 Å². The summed E-state index contributed by atoms with van der Waals surface area (Å²) < 4.78 is 14.2. The SMILES string of the molecule is CCc1csc([S+]([O-])c2cc(CC)cs2)c1. The Kier molecular flexibility index (Phi) is 4.08. The average Bonchev–Trinajstić information content (AvgIpc) is 2.97. The Balaban J connectivity index is 2.20. The van der Waals surface area contributed by atoms with Gasteiger partial charge >= 0.3 is 0 Å². The second-order valence-corrected chi connectivity index (χ2v) is 7.28. The molecule has 0 amide bonds. The normalized spacial score (nSPS) is 11.2. The average molecular weight is 270 g/mol. The van der Waals surface area contributed by atoms with E-state index in [0.717, 1.165) is 21.3 Å². The van der Waals surface area contributed by atoms with Crippen molar-refractivity contribution in [1.29, 1.82) is 0 Å². The zero-order chi connectivity index (χ0) is 11.5. The van der Waals surface area contributed by atoms with Gasteiger partial charge < -0.3 is 4.55 Å². The van der Waals surface area contributed by atoms with Crippen LogP contribution >= 0.6 is 22.7 Å². The summed E-state index contributed by atoms with van der Waals surface area (Å²) in [4.78, 5) is 0. The van der Waals surface area contributed by atoms with Crippen LogP contribution in [0.15, 0.2) is 31.3 Å². The van der Waals surface area contributed by atoms with Crippen LogP contribution < -0.4 is 0 Å². The number of thiophene rings is 2. The van der Waals surface area contributed by atoms with Gasteiger partial charge in [-0.1, -0.05) is 36.5 Å². The molecular formula is C12H14OS3. The third-order valence-corrected chi connectivity index (χ3v) is 6.44. The fraction of sp³-hybridized carbons (Fsp3) is 0.333. The van der Waals surface area contributed by atoms with Crippen molar-refractivity contribution in [3.05, 3.63) is 34.0 Å². The van der Waals surface area contributed by atoms with Crippen molar-refractivity contribution in [3.8, 4) is 0 Å². The molecule has 0 aromatic carbocycles. The molecule has 0 bridgehead atoms. The van der Waals surface area contributed by atoms with Gasteiger partial charge in [-0.3, -0.25) is 0 Å². The summed E-state index contributed by atoms with van der Waals surface area (Å²) in [5, 5.41) is 4.20. The van der Waals surface area contributed by atoms with E-state index in [9.17, 15) is 4.55 Å². The number of hydrogen-bond acceptors (Lipinski definition) is 3. The lowest BCUT2D eigenvalue weighted by Gasteiger charge is -2.03. The van der Waals surface area contributed by atoms with Crippen LogP contribution in [0, 0.1) is 0 Å². The quantitative estimate of drug-likeness (QED) is 0.767. The van der Waals surface area contributed by atoms with Gasteiger partial charge in [-0.15, -0.1) is 0 Å². The predicted molar refractivity (Wildman–Crippen MR) is 72.1 cm³/mol. The van der Waals surface area contributed by atoms with Gasteiger partial charge in [-0.25, -0.2) is 0 Å². The van der Waals surface area contributed by atoms with Crippen molar-refractivity contribution >= 4 is 33.8 Å². The second kappa shape index (κ2) is 5.36. The Hall–Kier alpha value is -0.290. The van der Waals surface area contributed by atoms with E-state index < -0.39 is 11.2 Å². The molecule has 0 aliphatic rings. The van der Waals surface area contributed by atoms with E-state index in [-0.39, 0.29) is 0 Å². The van der Waals surface area contributed by atoms with Gasteiger partial charge in [0.15, 0.2) is 0 Å². The molecule has 0 N–H and O–H groups in total. The Bertz CT molecular complexity index is 416. The van der Waals surface area contributed by atoms with E-state index in [1.807, 2.05) is 0 Å². The fourth-order valence-corrected chi connectivity index (χ4v) is 5.21. The minimum atomic E-state index is -0.971. The number of rotatable bonds is 4. The van der Waals surface area contributed by atoms with E-state index in [1.54, 1.807) is 22.7 Å². The summed E-state index contributed by atoms with van der Waals surface area (Å²) in [6.07, 6.45) is 2.02. The molecule has 0 aliphatic heterocycles. The molecule has 2 rings (SSSR count). The molecular weight excluding hydrogens is 256 g/mol. The van der Waals surface area contributed by atoms with Gasteiger partial charge in [0, 0.05) is 23.3 Å². The van der Waals surface area contributed by atoms with Gasteiger partial charge in [0.2, 0.25) is 8.42 Å². The third-order valence-electron chi connectivity index (χ3n) is 2.44. The van der Waals surface area contributed by atoms with Crippen molar-refractivity contribution < 1.29 is 4.55 Å². The first kappa shape index (κ1) is 12.2. The van der Waals surface area contributed by atoms with Crippen LogP contribution in [-0.4, -0.2) is 4.55 Å². The third kappa shape index (κ3) is 2.51. The first-order valence-electron chi connectivity index (χ1n) is 5.31. The molecule has 4 heteroatoms. The molecule has 0 unspecified atom stereocenters. The van der Waals surface area contributed by atoms with Gasteiger partial charge in [0.25, 0.3) is 0 Å². The summed E-state index contributed by atoms with van der Waals surface area (Å²) in [5.74, 6) is 0. The highest BCUT2D eigenvalue weighted by atomic mass is 32.3. The minimum absolute atomic E-state index is 0.971. The van der Waals surface area contributed by atoms with E-state index in [1.165, 1.54) is 11.1 Å². The topological polar surface area (TPSA) is 23.1 Å². The largest absolute Gasteiger partial charge is 0.605 e. The first-order chi connectivity index (χ1) is 7.74. The molecule has 2 heterocycles. The lowest BCUT2D eigenvalue weighted by atomic mass is 10.3. The molecule has 0 aliphatic carbocycles. The summed E-state index contributed by atoms with van der Waals surface area (Å²) in [6.45, 7) is 4.24. The number of hydrogen-bond donors (Lipinski definition) is 0. The maximum Gasteiger partial charge on any atom is 0.213 e. The highest BCUT2D eigenvalue weighted by molar-refractivity contribution is 7.95. The van der Waals surface area contributed by atoms with Crippen LogP contribution in [0.25, 0.3) is 0 Å². The van der Waals surface area contributed by atoms with Crippen molar-refractivity contribution in [1.82, 2.24) is 0 Å². The molecule has 1 nitrogen and oxygen atoms in total. The van der Waals surface area contributed by atoms with Gasteiger partial charge in [0.1, 0.15) is 0 Å². The van der Waals surface area contributed by atoms with Crippen molar-refractivity contribution in [3.63, 3.8) is 0 Å². The van der Waals surface area contributed by atoms with Crippen molar-refractivity contribution in [2.24, 2.45) is 0 Å². The fourth-order valence-electron chi connectivity index (χ4n) is 1.37. The van der Waals surface area contributed by atoms with Crippen molar-refractivity contribution in [2.75, 3.05) is 0 Å². The van der Waals surface area contributed by atoms with E-state index in [0.29, 0.717) is 0 Å². The molecule has 0 fully saturated rings. The molecule has 0 atom stereocenters. The number of aryl methyl sites for hydroxylation is 2. The van der Waals surface area contributed by atoms with E-state index in [2.05, 4.69) is 36.7 Å². The van der Waals surface area contributed by atoms with Crippen LogP contribution in [0.5, 0.6) is 0 Å². The highest BCUT2D eigenvalue weighted by Gasteiger charge is 2.19. The molecule has 2 aromatic rings. The Labute approximate surface area is 107 Å². The molecule has 0 saturated carbocycles. The van der Waals surface area contributed by atoms with E-state index in [4.69, 9.17) is 0 Å². The highest BCUT2D eigenvalue weighted by Crippen LogP contribution is 2.31. The smallest absolute Gasteiger partial charge is 0.213 e. The maximum absolute atomic E-state index is 12.2. The van der Waals surface area contributed by atoms with Crippen LogP contribution in [-0.2, 0) is 24.0 Å². The lowest BCUT2D eigenvalue weighted by molar-refractivity contribution is 0.599. The maximum atomic E-state index is 12.2. The Morgan fingerprint density at radius 1 is 1.00 bits per heavy atom. The molecule has 0 saturated heterocycles. The Morgan fingerprint density at radius 3 is 1.75 bits per heavy atom. The monoisotopic (exact) mass is 270 g/mol. The predicted octanol–water partition coefficient (Wildman–Crippen LogP) is 4.10. The van der Waals surface area contributed by atoms with Crippen LogP contribution in [0.4, 0.5) is 0 Å². The summed E-state index contributed by atoms with van der Waals surface area (Å²) in [7, 11) is 0. The van der Waals surface area contributed by atoms with Crippen LogP contribution in [0.3, 0.4) is 0 Å². The van der Waals surface area contributed by atoms with Gasteiger partial charge in [-0.05, 0) is 34.7 Å². The summed E-state index contributed by atoms with van der Waals surface area (Å²) in [6, 6.07) is 4.12. The standard InChI is InChI=1S/C12H14OS3/c1-3-9-5-11(14-7-9)16(13)12-6-10(4-2)8-15-12/h5-8H,3-4H2,1-2H3. The first-order valence-corrected chi connectivity index (χ1v) is 8.22. The van der Waals surface area contributed by atoms with Crippen LogP contribution in [0.2, 0.25) is 0 Å². The molecule has 16 heavy (non-hydrogen) atoms. The Morgan fingerprint density at radius 2 is 1.44 bits per heavy atom. The van der Waals surface area contributed by atoms with E-state index >= 15 is 0 Å². The summed E-state index contributed by atoms with van der Waals surface area (Å²) >= 11 is 2.23. The lowest BCUT2D eigenvalue weighted by Crippen LogP contribution is -1.96. The zero-order valence-corrected chi connectivity index (χ0v) is 11.8. The molecule has 86 valence electrons. The van der Waals surface area contributed by atoms with Crippen molar-refractivity contribution in [2.45, 2.75) is 35.1 Å². The second-order valence-electron chi connectivity index (χ2n) is 3.52. The van der Waals surface area contributed by atoms with Crippen LogP contribution in [0.1, 0.15) is 25.0 Å². The van der Waals surface area contributed by atoms with Gasteiger partial charge in [0.05, 0.1) is 0 Å².